The van der Waals surface area contributed by atoms with Crippen LogP contribution in [-0.2, 0) is 0 Å². The minimum Gasteiger partial charge on any atom is -0.383 e. The van der Waals surface area contributed by atoms with Crippen LogP contribution in [0.25, 0.3) is 0 Å². The van der Waals surface area contributed by atoms with E-state index in [0.717, 1.165) is 17.3 Å². The van der Waals surface area contributed by atoms with Crippen molar-refractivity contribution in [2.75, 3.05) is 17.6 Å². The Morgan fingerprint density at radius 3 is 3.25 bits per heavy atom. The highest BCUT2D eigenvalue weighted by Crippen LogP contribution is 2.35. The van der Waals surface area contributed by atoms with Gasteiger partial charge in [0.2, 0.25) is 0 Å². The smallest absolute Gasteiger partial charge is 0.0667 e. The summed E-state index contributed by atoms with van der Waals surface area (Å²) in [6.45, 7) is 1.03. The van der Waals surface area contributed by atoms with Gasteiger partial charge in [0.25, 0.3) is 0 Å². The summed E-state index contributed by atoms with van der Waals surface area (Å²) in [5.74, 6) is 1.18. The van der Waals surface area contributed by atoms with Crippen molar-refractivity contribution in [1.82, 2.24) is 0 Å². The van der Waals surface area contributed by atoms with Gasteiger partial charge in [0, 0.05) is 11.4 Å². The van der Waals surface area contributed by atoms with E-state index in [0.29, 0.717) is 0 Å². The van der Waals surface area contributed by atoms with Gasteiger partial charge in [-0.05, 0) is 24.3 Å². The Hall–Kier alpha value is -0.340. The summed E-state index contributed by atoms with van der Waals surface area (Å²) < 4.78 is 0. The van der Waals surface area contributed by atoms with Crippen molar-refractivity contribution < 1.29 is 0 Å². The molecule has 0 bridgehead atoms. The predicted octanol–water partition coefficient (Wildman–Crippen LogP) is 3.25. The summed E-state index contributed by atoms with van der Waals surface area (Å²) in [6.07, 6.45) is 1.20. The van der Waals surface area contributed by atoms with Crippen molar-refractivity contribution in [3.8, 4) is 0 Å². The number of thioether (sulfide) groups is 1. The van der Waals surface area contributed by atoms with Gasteiger partial charge in [-0.1, -0.05) is 17.7 Å². The predicted molar refractivity (Wildman–Crippen MR) is 55.3 cm³/mol. The van der Waals surface area contributed by atoms with Gasteiger partial charge in [0.1, 0.15) is 0 Å². The zero-order chi connectivity index (χ0) is 8.39. The molecule has 1 aromatic rings. The molecule has 1 aliphatic rings. The zero-order valence-electron chi connectivity index (χ0n) is 6.64. The van der Waals surface area contributed by atoms with Crippen molar-refractivity contribution in [3.63, 3.8) is 0 Å². The molecule has 0 aromatic heterocycles. The topological polar surface area (TPSA) is 12.0 Å². The molecule has 0 aliphatic carbocycles. The van der Waals surface area contributed by atoms with Crippen molar-refractivity contribution in [2.45, 2.75) is 11.3 Å². The molecular weight excluding hydrogens is 190 g/mol. The fourth-order valence-corrected chi connectivity index (χ4v) is 2.57. The normalized spacial score (nSPS) is 16.1. The lowest BCUT2D eigenvalue weighted by molar-refractivity contribution is 0.999. The van der Waals surface area contributed by atoms with E-state index in [1.54, 1.807) is 0 Å². The van der Waals surface area contributed by atoms with Crippen molar-refractivity contribution >= 4 is 29.1 Å². The number of para-hydroxylation sites is 1. The molecule has 0 radical (unpaired) electrons. The Bertz CT molecular complexity index is 288. The van der Waals surface area contributed by atoms with Crippen LogP contribution < -0.4 is 5.32 Å². The molecule has 0 unspecified atom stereocenters. The van der Waals surface area contributed by atoms with E-state index >= 15 is 0 Å². The molecule has 1 nitrogen and oxygen atoms in total. The quantitative estimate of drug-likeness (QED) is 0.689. The molecule has 0 spiro atoms. The lowest BCUT2D eigenvalue weighted by Gasteiger charge is -2.07. The minimum absolute atomic E-state index is 0.835. The zero-order valence-corrected chi connectivity index (χ0v) is 8.21. The summed E-state index contributed by atoms with van der Waals surface area (Å²) in [7, 11) is 0. The lowest BCUT2D eigenvalue weighted by Crippen LogP contribution is -2.00. The highest BCUT2D eigenvalue weighted by molar-refractivity contribution is 7.99. The monoisotopic (exact) mass is 199 g/mol. The largest absolute Gasteiger partial charge is 0.383 e. The van der Waals surface area contributed by atoms with Crippen LogP contribution in [0.15, 0.2) is 23.1 Å². The van der Waals surface area contributed by atoms with Gasteiger partial charge in [-0.15, -0.1) is 11.8 Å². The van der Waals surface area contributed by atoms with Crippen LogP contribution in [0, 0.1) is 0 Å². The maximum Gasteiger partial charge on any atom is 0.0667 e. The van der Waals surface area contributed by atoms with Gasteiger partial charge < -0.3 is 5.32 Å². The third-order valence-corrected chi connectivity index (χ3v) is 3.31. The van der Waals surface area contributed by atoms with E-state index in [1.165, 1.54) is 17.1 Å². The first-order chi connectivity index (χ1) is 5.88. The third kappa shape index (κ3) is 1.54. The number of nitrogens with one attached hydrogen (secondary N) is 1. The fourth-order valence-electron chi connectivity index (χ4n) is 1.26. The fraction of sp³-hybridized carbons (Fsp3) is 0.333. The van der Waals surface area contributed by atoms with Crippen LogP contribution in [-0.4, -0.2) is 12.3 Å². The molecule has 1 aromatic carbocycles. The second-order valence-corrected chi connectivity index (χ2v) is 4.29. The van der Waals surface area contributed by atoms with Gasteiger partial charge >= 0.3 is 0 Å². The van der Waals surface area contributed by atoms with Gasteiger partial charge in [0.15, 0.2) is 0 Å². The second-order valence-electron chi connectivity index (χ2n) is 2.74. The Kier molecular flexibility index (Phi) is 2.47. The highest BCUT2D eigenvalue weighted by atomic mass is 35.5. The number of anilines is 1. The van der Waals surface area contributed by atoms with Crippen molar-refractivity contribution in [1.29, 1.82) is 0 Å². The summed E-state index contributed by atoms with van der Waals surface area (Å²) in [5.41, 5.74) is 1.11. The van der Waals surface area contributed by atoms with Crippen LogP contribution in [0.3, 0.4) is 0 Å². The molecule has 3 heteroatoms. The standard InChI is InChI=1S/C9H10ClNS/c10-7-3-1-4-8-9(7)11-5-2-6-12-8/h1,3-4,11H,2,5-6H2. The first kappa shape index (κ1) is 8.27. The van der Waals surface area contributed by atoms with Gasteiger partial charge in [0.05, 0.1) is 10.7 Å². The lowest BCUT2D eigenvalue weighted by atomic mass is 10.3. The minimum atomic E-state index is 0.835. The van der Waals surface area contributed by atoms with Crippen LogP contribution in [0.5, 0.6) is 0 Å². The van der Waals surface area contributed by atoms with Gasteiger partial charge in [-0.25, -0.2) is 0 Å². The Morgan fingerprint density at radius 2 is 2.33 bits per heavy atom. The molecule has 1 heterocycles. The average Bonchev–Trinajstić information content (AvgIpc) is 2.30. The number of rotatable bonds is 0. The Morgan fingerprint density at radius 1 is 1.42 bits per heavy atom. The van der Waals surface area contributed by atoms with E-state index in [1.807, 2.05) is 23.9 Å². The van der Waals surface area contributed by atoms with E-state index in [2.05, 4.69) is 11.4 Å². The summed E-state index contributed by atoms with van der Waals surface area (Å²) in [6, 6.07) is 6.05. The maximum absolute atomic E-state index is 6.04. The Balaban J connectivity index is 2.42. The van der Waals surface area contributed by atoms with E-state index in [9.17, 15) is 0 Å². The molecule has 0 amide bonds. The average molecular weight is 200 g/mol. The molecular formula is C9H10ClNS. The van der Waals surface area contributed by atoms with Gasteiger partial charge in [-0.2, -0.15) is 0 Å². The van der Waals surface area contributed by atoms with E-state index < -0.39 is 0 Å². The van der Waals surface area contributed by atoms with Crippen LogP contribution in [0.2, 0.25) is 5.02 Å². The van der Waals surface area contributed by atoms with Crippen molar-refractivity contribution in [2.24, 2.45) is 0 Å². The summed E-state index contributed by atoms with van der Waals surface area (Å²) in [4.78, 5) is 1.28. The Labute approximate surface area is 81.5 Å². The second kappa shape index (κ2) is 3.58. The molecule has 0 atom stereocenters. The first-order valence-corrected chi connectivity index (χ1v) is 5.39. The molecule has 2 rings (SSSR count). The van der Waals surface area contributed by atoms with Crippen LogP contribution in [0.4, 0.5) is 5.69 Å². The molecule has 0 saturated heterocycles. The summed E-state index contributed by atoms with van der Waals surface area (Å²) >= 11 is 7.92. The molecule has 0 fully saturated rings. The third-order valence-electron chi connectivity index (χ3n) is 1.86. The highest BCUT2D eigenvalue weighted by Gasteiger charge is 2.09. The number of hydrogen-bond donors (Lipinski definition) is 1. The van der Waals surface area contributed by atoms with E-state index in [-0.39, 0.29) is 0 Å². The van der Waals surface area contributed by atoms with Crippen LogP contribution in [0.1, 0.15) is 6.42 Å². The summed E-state index contributed by atoms with van der Waals surface area (Å²) in [5, 5.41) is 4.18. The molecule has 1 N–H and O–H groups in total. The number of fused-ring (bicyclic) bond motifs is 1. The van der Waals surface area contributed by atoms with Gasteiger partial charge in [-0.3, -0.25) is 0 Å². The molecule has 12 heavy (non-hydrogen) atoms. The molecule has 1 aliphatic heterocycles. The SMILES string of the molecule is Clc1cccc2c1NCCCS2. The maximum atomic E-state index is 6.04. The first-order valence-electron chi connectivity index (χ1n) is 4.03. The van der Waals surface area contributed by atoms with Crippen molar-refractivity contribution in [3.05, 3.63) is 23.2 Å². The van der Waals surface area contributed by atoms with Crippen LogP contribution >= 0.6 is 23.4 Å². The number of benzene rings is 1. The number of halogens is 1. The molecule has 0 saturated carbocycles. The number of hydrogen-bond acceptors (Lipinski definition) is 2. The van der Waals surface area contributed by atoms with E-state index in [4.69, 9.17) is 11.6 Å². The molecule has 64 valence electrons.